The molecule has 5 heteroatoms. The van der Waals surface area contributed by atoms with Gasteiger partial charge in [0, 0.05) is 5.69 Å². The highest BCUT2D eigenvalue weighted by atomic mass is 35.5. The van der Waals surface area contributed by atoms with E-state index in [0.717, 1.165) is 6.42 Å². The van der Waals surface area contributed by atoms with Crippen molar-refractivity contribution < 1.29 is 27.3 Å². The van der Waals surface area contributed by atoms with Crippen LogP contribution in [-0.4, -0.2) is 24.2 Å². The van der Waals surface area contributed by atoms with E-state index in [1.54, 1.807) is 24.3 Å². The first kappa shape index (κ1) is 20.7. The molecule has 0 heterocycles. The zero-order chi connectivity index (χ0) is 15.9. The number of anilines is 1. The van der Waals surface area contributed by atoms with Gasteiger partial charge < -0.3 is 28.2 Å². The summed E-state index contributed by atoms with van der Waals surface area (Å²) >= 11 is 0. The number of hydrogen-bond acceptors (Lipinski definition) is 3. The minimum Gasteiger partial charge on any atom is -1.00 e. The van der Waals surface area contributed by atoms with Crippen molar-refractivity contribution in [1.82, 2.24) is 0 Å². The predicted molar refractivity (Wildman–Crippen MR) is 86.1 cm³/mol. The van der Waals surface area contributed by atoms with Gasteiger partial charge in [0.2, 0.25) is 0 Å². The molecule has 1 aromatic rings. The van der Waals surface area contributed by atoms with Crippen molar-refractivity contribution in [2.75, 3.05) is 12.3 Å². The van der Waals surface area contributed by atoms with Gasteiger partial charge in [-0.1, -0.05) is 20.3 Å². The molecule has 0 fully saturated rings. The van der Waals surface area contributed by atoms with Crippen molar-refractivity contribution in [3.63, 3.8) is 0 Å². The first-order valence-electron chi connectivity index (χ1n) is 7.76. The third-order valence-corrected chi connectivity index (χ3v) is 3.59. The average molecular weight is 329 g/mol. The Morgan fingerprint density at radius 3 is 2.36 bits per heavy atom. The van der Waals surface area contributed by atoms with E-state index in [9.17, 15) is 4.79 Å². The van der Waals surface area contributed by atoms with E-state index in [1.165, 1.54) is 12.8 Å². The Bertz CT molecular complexity index is 446. The summed E-state index contributed by atoms with van der Waals surface area (Å²) in [4.78, 5) is 12.0. The smallest absolute Gasteiger partial charge is 0.338 e. The summed E-state index contributed by atoms with van der Waals surface area (Å²) in [7, 11) is 0. The van der Waals surface area contributed by atoms with Crippen LogP contribution in [-0.2, 0) is 4.74 Å². The fourth-order valence-corrected chi connectivity index (χ4v) is 2.42. The van der Waals surface area contributed by atoms with E-state index < -0.39 is 0 Å². The van der Waals surface area contributed by atoms with E-state index >= 15 is 0 Å². The maximum Gasteiger partial charge on any atom is 0.338 e. The number of rotatable bonds is 8. The number of halogens is 1. The van der Waals surface area contributed by atoms with Crippen molar-refractivity contribution >= 4 is 11.7 Å². The second-order valence-electron chi connectivity index (χ2n) is 6.31. The molecule has 4 nitrogen and oxygen atoms in total. The van der Waals surface area contributed by atoms with Crippen LogP contribution in [0.3, 0.4) is 0 Å². The summed E-state index contributed by atoms with van der Waals surface area (Å²) in [5.74, 6) is -0.292. The predicted octanol–water partition coefficient (Wildman–Crippen LogP) is -0.650. The third kappa shape index (κ3) is 7.14. The molecule has 0 saturated carbocycles. The van der Waals surface area contributed by atoms with Gasteiger partial charge in [-0.25, -0.2) is 4.79 Å². The molecule has 126 valence electrons. The highest BCUT2D eigenvalue weighted by Gasteiger charge is 2.27. The molecular formula is C17H29ClN2O2. The van der Waals surface area contributed by atoms with E-state index in [4.69, 9.17) is 10.5 Å². The number of quaternary nitrogens is 1. The number of nitrogen functional groups attached to an aromatic ring is 1. The van der Waals surface area contributed by atoms with Gasteiger partial charge in [0.25, 0.3) is 0 Å². The van der Waals surface area contributed by atoms with Crippen LogP contribution in [0.15, 0.2) is 24.3 Å². The largest absolute Gasteiger partial charge is 1.00 e. The zero-order valence-electron chi connectivity index (χ0n) is 14.1. The van der Waals surface area contributed by atoms with Crippen LogP contribution in [0.25, 0.3) is 0 Å². The maximum absolute atomic E-state index is 12.0. The van der Waals surface area contributed by atoms with Gasteiger partial charge in [0.05, 0.1) is 11.6 Å². The molecule has 0 aromatic heterocycles. The molecule has 1 atom stereocenters. The standard InChI is InChI=1S/C17H28N2O2.ClH/c1-5-7-15(6-2)19-17(3,4)12-21-16(20)13-8-10-14(18)11-9-13;/h8-11,15,19H,5-7,12,18H2,1-4H3;1H. The molecule has 1 unspecified atom stereocenters. The quantitative estimate of drug-likeness (QED) is 0.492. The van der Waals surface area contributed by atoms with Crippen LogP contribution in [0, 0.1) is 0 Å². The monoisotopic (exact) mass is 328 g/mol. The number of carbonyl (C=O) groups is 1. The van der Waals surface area contributed by atoms with Crippen molar-refractivity contribution in [2.45, 2.75) is 58.5 Å². The third-order valence-electron chi connectivity index (χ3n) is 3.59. The fourth-order valence-electron chi connectivity index (χ4n) is 2.42. The van der Waals surface area contributed by atoms with Crippen LogP contribution in [0.5, 0.6) is 0 Å². The molecule has 0 aliphatic rings. The minimum atomic E-state index is -0.292. The summed E-state index contributed by atoms with van der Waals surface area (Å²) in [5, 5.41) is 2.33. The van der Waals surface area contributed by atoms with E-state index in [1.807, 2.05) is 0 Å². The topological polar surface area (TPSA) is 68.9 Å². The molecule has 1 rings (SSSR count). The van der Waals surface area contributed by atoms with Crippen molar-refractivity contribution in [1.29, 1.82) is 0 Å². The summed E-state index contributed by atoms with van der Waals surface area (Å²) in [6, 6.07) is 7.39. The molecule has 22 heavy (non-hydrogen) atoms. The van der Waals surface area contributed by atoms with E-state index in [2.05, 4.69) is 33.0 Å². The SMILES string of the molecule is CCCC(CC)[NH2+]C(C)(C)COC(=O)c1ccc(N)cc1.[Cl-]. The first-order chi connectivity index (χ1) is 9.88. The summed E-state index contributed by atoms with van der Waals surface area (Å²) in [6.07, 6.45) is 3.49. The maximum atomic E-state index is 12.0. The Morgan fingerprint density at radius 2 is 1.86 bits per heavy atom. The lowest BCUT2D eigenvalue weighted by Gasteiger charge is -2.27. The molecule has 0 bridgehead atoms. The molecule has 0 aliphatic heterocycles. The first-order valence-corrected chi connectivity index (χ1v) is 7.76. The van der Waals surface area contributed by atoms with Crippen LogP contribution in [0.2, 0.25) is 0 Å². The molecular weight excluding hydrogens is 300 g/mol. The number of nitrogens with two attached hydrogens (primary N) is 2. The van der Waals surface area contributed by atoms with Gasteiger partial charge in [-0.2, -0.15) is 0 Å². The Labute approximate surface area is 140 Å². The fraction of sp³-hybridized carbons (Fsp3) is 0.588. The van der Waals surface area contributed by atoms with Crippen molar-refractivity contribution in [2.24, 2.45) is 0 Å². The second kappa shape index (κ2) is 9.70. The van der Waals surface area contributed by atoms with E-state index in [0.29, 0.717) is 23.9 Å². The number of carbonyl (C=O) groups excluding carboxylic acids is 1. The van der Waals surface area contributed by atoms with Gasteiger partial charge in [0.15, 0.2) is 0 Å². The molecule has 0 saturated heterocycles. The minimum absolute atomic E-state index is 0. The average Bonchev–Trinajstić information content (AvgIpc) is 2.45. The lowest BCUT2D eigenvalue weighted by Crippen LogP contribution is -3.00. The van der Waals surface area contributed by atoms with Gasteiger partial charge in [0.1, 0.15) is 12.1 Å². The molecule has 0 radical (unpaired) electrons. The summed E-state index contributed by atoms with van der Waals surface area (Å²) < 4.78 is 5.45. The van der Waals surface area contributed by atoms with Crippen molar-refractivity contribution in [3.05, 3.63) is 29.8 Å². The number of ether oxygens (including phenoxy) is 1. The van der Waals surface area contributed by atoms with Crippen LogP contribution >= 0.6 is 0 Å². The van der Waals surface area contributed by atoms with Gasteiger partial charge in [-0.3, -0.25) is 0 Å². The van der Waals surface area contributed by atoms with Gasteiger partial charge in [-0.15, -0.1) is 0 Å². The van der Waals surface area contributed by atoms with Gasteiger partial charge in [-0.05, 0) is 51.0 Å². The van der Waals surface area contributed by atoms with E-state index in [-0.39, 0.29) is 23.9 Å². The molecule has 0 amide bonds. The Hall–Kier alpha value is -1.26. The second-order valence-corrected chi connectivity index (χ2v) is 6.31. The number of benzene rings is 1. The summed E-state index contributed by atoms with van der Waals surface area (Å²) in [5.41, 5.74) is 6.69. The number of hydrogen-bond donors (Lipinski definition) is 2. The Kier molecular flexibility index (Phi) is 9.14. The molecule has 0 aliphatic carbocycles. The van der Waals surface area contributed by atoms with Crippen molar-refractivity contribution in [3.8, 4) is 0 Å². The molecule has 0 spiro atoms. The highest BCUT2D eigenvalue weighted by molar-refractivity contribution is 5.89. The number of esters is 1. The van der Waals surface area contributed by atoms with Crippen LogP contribution < -0.4 is 23.5 Å². The zero-order valence-corrected chi connectivity index (χ0v) is 14.8. The lowest BCUT2D eigenvalue weighted by molar-refractivity contribution is -0.752. The lowest BCUT2D eigenvalue weighted by atomic mass is 10.0. The molecule has 1 aromatic carbocycles. The highest BCUT2D eigenvalue weighted by Crippen LogP contribution is 2.08. The van der Waals surface area contributed by atoms with Crippen LogP contribution in [0.1, 0.15) is 57.3 Å². The van der Waals surface area contributed by atoms with Gasteiger partial charge >= 0.3 is 5.97 Å². The Morgan fingerprint density at radius 1 is 1.27 bits per heavy atom. The molecule has 4 N–H and O–H groups in total. The summed E-state index contributed by atoms with van der Waals surface area (Å²) in [6.45, 7) is 9.03. The normalized spacial score (nSPS) is 12.4. The van der Waals surface area contributed by atoms with Crippen LogP contribution in [0.4, 0.5) is 5.69 Å². The Balaban J connectivity index is 0.00000441.